The summed E-state index contributed by atoms with van der Waals surface area (Å²) in [5.41, 5.74) is 2.41. The molecule has 0 saturated carbocycles. The number of amides is 1. The molecule has 4 nitrogen and oxygen atoms in total. The van der Waals surface area contributed by atoms with Gasteiger partial charge in [0.05, 0.1) is 7.11 Å². The van der Waals surface area contributed by atoms with Crippen molar-refractivity contribution in [1.29, 1.82) is 0 Å². The van der Waals surface area contributed by atoms with Gasteiger partial charge in [-0.25, -0.2) is 4.39 Å². The molecule has 1 saturated heterocycles. The number of aromatic nitrogens is 1. The number of H-pyrrole nitrogens is 1. The van der Waals surface area contributed by atoms with Crippen LogP contribution in [-0.4, -0.2) is 36.0 Å². The van der Waals surface area contributed by atoms with E-state index in [1.807, 2.05) is 35.4 Å². The monoisotopic (exact) mass is 366 g/mol. The second kappa shape index (κ2) is 7.43. The fourth-order valence-electron chi connectivity index (χ4n) is 3.95. The van der Waals surface area contributed by atoms with E-state index in [4.69, 9.17) is 4.74 Å². The first-order chi connectivity index (χ1) is 13.2. The highest BCUT2D eigenvalue weighted by atomic mass is 19.1. The van der Waals surface area contributed by atoms with E-state index in [1.54, 1.807) is 19.2 Å². The first kappa shape index (κ1) is 17.6. The fourth-order valence-corrected chi connectivity index (χ4v) is 3.95. The third-order valence-electron chi connectivity index (χ3n) is 5.41. The molecule has 1 aliphatic rings. The molecule has 4 rings (SSSR count). The van der Waals surface area contributed by atoms with Crippen LogP contribution in [0.3, 0.4) is 0 Å². The number of nitrogens with zero attached hydrogens (tertiary/aromatic N) is 1. The molecule has 1 aromatic heterocycles. The highest BCUT2D eigenvalue weighted by molar-refractivity contribution is 5.87. The van der Waals surface area contributed by atoms with Crippen molar-refractivity contribution in [2.45, 2.75) is 25.2 Å². The lowest BCUT2D eigenvalue weighted by atomic mass is 9.87. The number of methoxy groups -OCH3 is 1. The van der Waals surface area contributed by atoms with Gasteiger partial charge in [-0.2, -0.15) is 0 Å². The van der Waals surface area contributed by atoms with Crippen molar-refractivity contribution in [3.63, 3.8) is 0 Å². The summed E-state index contributed by atoms with van der Waals surface area (Å²) in [7, 11) is 1.62. The van der Waals surface area contributed by atoms with Crippen molar-refractivity contribution < 1.29 is 13.9 Å². The smallest absolute Gasteiger partial charge is 0.223 e. The minimum absolute atomic E-state index is 0.0815. The number of nitrogens with one attached hydrogen (secondary N) is 1. The quantitative estimate of drug-likeness (QED) is 0.725. The number of likely N-dealkylation sites (tertiary alicyclic amines) is 1. The summed E-state index contributed by atoms with van der Waals surface area (Å²) in [6.45, 7) is 1.59. The normalized spacial score (nSPS) is 15.3. The zero-order chi connectivity index (χ0) is 18.8. The van der Waals surface area contributed by atoms with Gasteiger partial charge in [0, 0.05) is 42.5 Å². The van der Waals surface area contributed by atoms with Crippen LogP contribution < -0.4 is 4.74 Å². The first-order valence-electron chi connectivity index (χ1n) is 9.34. The van der Waals surface area contributed by atoms with Gasteiger partial charge in [-0.1, -0.05) is 18.2 Å². The molecule has 1 fully saturated rings. The summed E-state index contributed by atoms with van der Waals surface area (Å²) in [6, 6.07) is 12.5. The summed E-state index contributed by atoms with van der Waals surface area (Å²) in [5, 5.41) is 0.955. The van der Waals surface area contributed by atoms with Gasteiger partial charge in [0.2, 0.25) is 5.91 Å². The van der Waals surface area contributed by atoms with Crippen LogP contribution in [0.15, 0.2) is 48.7 Å². The van der Waals surface area contributed by atoms with Crippen molar-refractivity contribution >= 4 is 16.8 Å². The maximum absolute atomic E-state index is 14.6. The molecule has 1 N–H and O–H groups in total. The Morgan fingerprint density at radius 2 is 1.96 bits per heavy atom. The summed E-state index contributed by atoms with van der Waals surface area (Å²) in [6.07, 6.45) is 4.23. The van der Waals surface area contributed by atoms with E-state index >= 15 is 0 Å². The Bertz CT molecular complexity index is 960. The molecule has 0 spiro atoms. The summed E-state index contributed by atoms with van der Waals surface area (Å²) >= 11 is 0. The number of ether oxygens (including phenoxy) is 1. The SMILES string of the molecule is COc1ccc2[nH]cc([C@H](CC(=O)N3CCCC3)c3ccccc3F)c2c1. The van der Waals surface area contributed by atoms with E-state index < -0.39 is 0 Å². The third-order valence-corrected chi connectivity index (χ3v) is 5.41. The highest BCUT2D eigenvalue weighted by Gasteiger charge is 2.27. The first-order valence-corrected chi connectivity index (χ1v) is 9.34. The molecule has 0 bridgehead atoms. The number of benzene rings is 2. The second-order valence-corrected chi connectivity index (χ2v) is 7.02. The maximum Gasteiger partial charge on any atom is 0.223 e. The van der Waals surface area contributed by atoms with E-state index in [1.165, 1.54) is 6.07 Å². The molecular formula is C22H23FN2O2. The molecule has 1 atom stereocenters. The van der Waals surface area contributed by atoms with Gasteiger partial charge in [-0.05, 0) is 48.2 Å². The molecule has 5 heteroatoms. The minimum atomic E-state index is -0.347. The molecule has 2 aromatic carbocycles. The number of carbonyl (C=O) groups is 1. The van der Waals surface area contributed by atoms with Crippen molar-refractivity contribution in [3.05, 3.63) is 65.6 Å². The predicted molar refractivity (Wildman–Crippen MR) is 104 cm³/mol. The van der Waals surface area contributed by atoms with Crippen LogP contribution in [0.1, 0.15) is 36.3 Å². The maximum atomic E-state index is 14.6. The van der Waals surface area contributed by atoms with Gasteiger partial charge < -0.3 is 14.6 Å². The summed E-state index contributed by atoms with van der Waals surface area (Å²) in [4.78, 5) is 18.0. The Hall–Kier alpha value is -2.82. The van der Waals surface area contributed by atoms with Gasteiger partial charge >= 0.3 is 0 Å². The lowest BCUT2D eigenvalue weighted by molar-refractivity contribution is -0.130. The third kappa shape index (κ3) is 3.42. The molecule has 0 radical (unpaired) electrons. The predicted octanol–water partition coefficient (Wildman–Crippen LogP) is 4.46. The van der Waals surface area contributed by atoms with Crippen LogP contribution in [0.5, 0.6) is 5.75 Å². The van der Waals surface area contributed by atoms with Crippen LogP contribution in [0.4, 0.5) is 4.39 Å². The lowest BCUT2D eigenvalue weighted by Gasteiger charge is -2.22. The Morgan fingerprint density at radius 1 is 1.19 bits per heavy atom. The number of hydrogen-bond acceptors (Lipinski definition) is 2. The molecule has 27 heavy (non-hydrogen) atoms. The summed E-state index contributed by atoms with van der Waals surface area (Å²) < 4.78 is 20.0. The van der Waals surface area contributed by atoms with Crippen LogP contribution in [0, 0.1) is 5.82 Å². The molecule has 2 heterocycles. The van der Waals surface area contributed by atoms with Crippen molar-refractivity contribution in [3.8, 4) is 5.75 Å². The van der Waals surface area contributed by atoms with Gasteiger partial charge in [0.25, 0.3) is 0 Å². The zero-order valence-electron chi connectivity index (χ0n) is 15.4. The molecule has 0 aliphatic carbocycles. The average Bonchev–Trinajstić information content (AvgIpc) is 3.36. The van der Waals surface area contributed by atoms with E-state index in [9.17, 15) is 9.18 Å². The molecule has 0 unspecified atom stereocenters. The molecule has 1 amide bonds. The number of aromatic amines is 1. The second-order valence-electron chi connectivity index (χ2n) is 7.02. The van der Waals surface area contributed by atoms with Gasteiger partial charge in [0.1, 0.15) is 11.6 Å². The topological polar surface area (TPSA) is 45.3 Å². The number of fused-ring (bicyclic) bond motifs is 1. The van der Waals surface area contributed by atoms with Crippen LogP contribution in [0.2, 0.25) is 0 Å². The van der Waals surface area contributed by atoms with Crippen molar-refractivity contribution in [2.24, 2.45) is 0 Å². The van der Waals surface area contributed by atoms with Crippen molar-refractivity contribution in [2.75, 3.05) is 20.2 Å². The van der Waals surface area contributed by atoms with Gasteiger partial charge in [-0.3, -0.25) is 4.79 Å². The number of rotatable bonds is 5. The number of halogens is 1. The molecule has 1 aliphatic heterocycles. The Kier molecular flexibility index (Phi) is 4.84. The number of hydrogen-bond donors (Lipinski definition) is 1. The Balaban J connectivity index is 1.78. The average molecular weight is 366 g/mol. The Morgan fingerprint density at radius 3 is 2.70 bits per heavy atom. The van der Waals surface area contributed by atoms with E-state index in [2.05, 4.69) is 4.98 Å². The lowest BCUT2D eigenvalue weighted by Crippen LogP contribution is -2.29. The standard InChI is InChI=1S/C22H23FN2O2/c1-27-15-8-9-21-18(12-15)19(14-24-21)17(16-6-2-3-7-20(16)23)13-22(26)25-10-4-5-11-25/h2-3,6-9,12,14,17,24H,4-5,10-11,13H2,1H3/t17-/m1/s1. The minimum Gasteiger partial charge on any atom is -0.497 e. The van der Waals surface area contributed by atoms with Gasteiger partial charge in [-0.15, -0.1) is 0 Å². The fraction of sp³-hybridized carbons (Fsp3) is 0.318. The van der Waals surface area contributed by atoms with E-state index in [0.717, 1.165) is 48.1 Å². The molecular weight excluding hydrogens is 343 g/mol. The zero-order valence-corrected chi connectivity index (χ0v) is 15.4. The Labute approximate surface area is 157 Å². The van der Waals surface area contributed by atoms with E-state index in [-0.39, 0.29) is 24.1 Å². The molecule has 3 aromatic rings. The van der Waals surface area contributed by atoms with E-state index in [0.29, 0.717) is 5.56 Å². The number of carbonyl (C=O) groups excluding carboxylic acids is 1. The molecule has 140 valence electrons. The van der Waals surface area contributed by atoms with Crippen molar-refractivity contribution in [1.82, 2.24) is 9.88 Å². The van der Waals surface area contributed by atoms with Crippen LogP contribution in [-0.2, 0) is 4.79 Å². The summed E-state index contributed by atoms with van der Waals surface area (Å²) in [5.74, 6) is 0.189. The van der Waals surface area contributed by atoms with Gasteiger partial charge in [0.15, 0.2) is 0 Å². The largest absolute Gasteiger partial charge is 0.497 e. The highest BCUT2D eigenvalue weighted by Crippen LogP contribution is 2.36. The van der Waals surface area contributed by atoms with Crippen LogP contribution >= 0.6 is 0 Å². The van der Waals surface area contributed by atoms with Crippen LogP contribution in [0.25, 0.3) is 10.9 Å².